The molecule has 1 aliphatic heterocycles. The van der Waals surface area contributed by atoms with Gasteiger partial charge in [0, 0.05) is 23.4 Å². The van der Waals surface area contributed by atoms with E-state index in [1.165, 1.54) is 0 Å². The van der Waals surface area contributed by atoms with Crippen LogP contribution in [0.2, 0.25) is 0 Å². The molecule has 0 fully saturated rings. The number of amides is 2. The maximum absolute atomic E-state index is 12.9. The number of benzene rings is 3. The van der Waals surface area contributed by atoms with Crippen LogP contribution in [-0.2, 0) is 17.8 Å². The van der Waals surface area contributed by atoms with Crippen LogP contribution in [0.1, 0.15) is 41.8 Å². The Morgan fingerprint density at radius 2 is 1.67 bits per heavy atom. The van der Waals surface area contributed by atoms with Crippen molar-refractivity contribution < 1.29 is 19.1 Å². The van der Waals surface area contributed by atoms with Gasteiger partial charge in [-0.3, -0.25) is 9.59 Å². The Morgan fingerprint density at radius 3 is 2.42 bits per heavy atom. The van der Waals surface area contributed by atoms with Gasteiger partial charge in [-0.25, -0.2) is 0 Å². The van der Waals surface area contributed by atoms with E-state index in [-0.39, 0.29) is 11.8 Å². The third-order valence-corrected chi connectivity index (χ3v) is 5.53. The molecule has 0 spiro atoms. The Hall–Kier alpha value is -3.80. The molecule has 2 amide bonds. The molecule has 0 unspecified atom stereocenters. The van der Waals surface area contributed by atoms with Crippen LogP contribution < -0.4 is 19.7 Å². The highest BCUT2D eigenvalue weighted by atomic mass is 16.5. The average Bonchev–Trinajstić information content (AvgIpc) is 2.83. The molecule has 1 N–H and O–H groups in total. The van der Waals surface area contributed by atoms with Gasteiger partial charge in [-0.05, 0) is 67.8 Å². The number of nitrogens with one attached hydrogen (secondary N) is 1. The summed E-state index contributed by atoms with van der Waals surface area (Å²) in [4.78, 5) is 27.3. The third-order valence-electron chi connectivity index (χ3n) is 5.53. The van der Waals surface area contributed by atoms with Gasteiger partial charge >= 0.3 is 0 Å². The summed E-state index contributed by atoms with van der Waals surface area (Å²) in [6, 6.07) is 20.8. The second-order valence-corrected chi connectivity index (χ2v) is 7.79. The normalized spacial score (nSPS) is 12.8. The first kappa shape index (κ1) is 22.4. The molecule has 1 heterocycles. The third kappa shape index (κ3) is 5.17. The molecule has 0 saturated heterocycles. The van der Waals surface area contributed by atoms with Gasteiger partial charge in [-0.15, -0.1) is 0 Å². The Kier molecular flexibility index (Phi) is 6.93. The van der Waals surface area contributed by atoms with Crippen LogP contribution in [0.5, 0.6) is 11.5 Å². The summed E-state index contributed by atoms with van der Waals surface area (Å²) in [6.07, 6.45) is 1.11. The van der Waals surface area contributed by atoms with Crippen molar-refractivity contribution in [2.75, 3.05) is 23.4 Å². The standard InChI is InChI=1S/C27H28N2O4/c1-3-32-24-14-10-21(17-25(24)33-4-2)27(31)28-22-12-13-23-20(16-22)11-15-26(30)29(23)18-19-8-6-5-7-9-19/h5-10,12-14,16-17H,3-4,11,15,18H2,1-2H3,(H,28,31). The van der Waals surface area contributed by atoms with Crippen LogP contribution in [0.4, 0.5) is 11.4 Å². The molecule has 6 nitrogen and oxygen atoms in total. The molecule has 0 saturated carbocycles. The lowest BCUT2D eigenvalue weighted by Gasteiger charge is -2.30. The van der Waals surface area contributed by atoms with E-state index in [2.05, 4.69) is 5.32 Å². The predicted molar refractivity (Wildman–Crippen MR) is 129 cm³/mol. The molecule has 4 rings (SSSR count). The van der Waals surface area contributed by atoms with Crippen LogP contribution in [0.25, 0.3) is 0 Å². The SMILES string of the molecule is CCOc1ccc(C(=O)Nc2ccc3c(c2)CCC(=O)N3Cc2ccccc2)cc1OCC. The summed E-state index contributed by atoms with van der Waals surface area (Å²) >= 11 is 0. The minimum absolute atomic E-state index is 0.112. The molecule has 6 heteroatoms. The lowest BCUT2D eigenvalue weighted by molar-refractivity contribution is -0.119. The van der Waals surface area contributed by atoms with Crippen LogP contribution in [0.15, 0.2) is 66.7 Å². The summed E-state index contributed by atoms with van der Waals surface area (Å²) in [6.45, 7) is 5.33. The lowest BCUT2D eigenvalue weighted by atomic mass is 9.99. The zero-order valence-electron chi connectivity index (χ0n) is 19.0. The van der Waals surface area contributed by atoms with Crippen molar-refractivity contribution >= 4 is 23.2 Å². The van der Waals surface area contributed by atoms with Crippen molar-refractivity contribution in [1.82, 2.24) is 0 Å². The minimum atomic E-state index is -0.230. The zero-order chi connectivity index (χ0) is 23.2. The van der Waals surface area contributed by atoms with Gasteiger partial charge in [-0.1, -0.05) is 30.3 Å². The molecule has 3 aromatic rings. The fourth-order valence-electron chi connectivity index (χ4n) is 3.97. The molecule has 0 atom stereocenters. The Morgan fingerprint density at radius 1 is 0.909 bits per heavy atom. The van der Waals surface area contributed by atoms with E-state index in [4.69, 9.17) is 9.47 Å². The van der Waals surface area contributed by atoms with E-state index in [0.717, 1.165) is 16.8 Å². The fourth-order valence-corrected chi connectivity index (χ4v) is 3.97. The molecule has 170 valence electrons. The highest BCUT2D eigenvalue weighted by molar-refractivity contribution is 6.05. The molecule has 33 heavy (non-hydrogen) atoms. The maximum atomic E-state index is 12.9. The van der Waals surface area contributed by atoms with Gasteiger partial charge < -0.3 is 19.7 Å². The smallest absolute Gasteiger partial charge is 0.255 e. The first-order valence-corrected chi connectivity index (χ1v) is 11.3. The Bertz CT molecular complexity index is 1140. The number of hydrogen-bond donors (Lipinski definition) is 1. The molecule has 0 radical (unpaired) electrons. The van der Waals surface area contributed by atoms with Crippen molar-refractivity contribution in [3.8, 4) is 11.5 Å². The van der Waals surface area contributed by atoms with Gasteiger partial charge in [-0.2, -0.15) is 0 Å². The zero-order valence-corrected chi connectivity index (χ0v) is 19.0. The fraction of sp³-hybridized carbons (Fsp3) is 0.259. The van der Waals surface area contributed by atoms with E-state index in [0.29, 0.717) is 55.4 Å². The number of nitrogens with zero attached hydrogens (tertiary/aromatic N) is 1. The minimum Gasteiger partial charge on any atom is -0.490 e. The average molecular weight is 445 g/mol. The molecule has 3 aromatic carbocycles. The maximum Gasteiger partial charge on any atom is 0.255 e. The number of hydrogen-bond acceptors (Lipinski definition) is 4. The number of carbonyl (C=O) groups is 2. The number of fused-ring (bicyclic) bond motifs is 1. The topological polar surface area (TPSA) is 67.9 Å². The summed E-state index contributed by atoms with van der Waals surface area (Å²) in [5.41, 5.74) is 4.20. The molecule has 0 bridgehead atoms. The second-order valence-electron chi connectivity index (χ2n) is 7.79. The van der Waals surface area contributed by atoms with Crippen molar-refractivity contribution in [3.05, 3.63) is 83.4 Å². The van der Waals surface area contributed by atoms with Crippen molar-refractivity contribution in [2.24, 2.45) is 0 Å². The molecule has 0 aliphatic carbocycles. The molecular weight excluding hydrogens is 416 g/mol. The van der Waals surface area contributed by atoms with E-state index in [1.807, 2.05) is 67.3 Å². The van der Waals surface area contributed by atoms with Gasteiger partial charge in [0.25, 0.3) is 5.91 Å². The van der Waals surface area contributed by atoms with Crippen LogP contribution in [0.3, 0.4) is 0 Å². The monoisotopic (exact) mass is 444 g/mol. The second kappa shape index (κ2) is 10.2. The number of ether oxygens (including phenoxy) is 2. The number of rotatable bonds is 8. The summed E-state index contributed by atoms with van der Waals surface area (Å²) < 4.78 is 11.2. The van der Waals surface area contributed by atoms with Crippen LogP contribution in [-0.4, -0.2) is 25.0 Å². The predicted octanol–water partition coefficient (Wildman–Crippen LogP) is 5.22. The van der Waals surface area contributed by atoms with Gasteiger partial charge in [0.2, 0.25) is 5.91 Å². The van der Waals surface area contributed by atoms with E-state index < -0.39 is 0 Å². The van der Waals surface area contributed by atoms with Crippen molar-refractivity contribution in [2.45, 2.75) is 33.2 Å². The quantitative estimate of drug-likeness (QED) is 0.518. The van der Waals surface area contributed by atoms with Crippen molar-refractivity contribution in [1.29, 1.82) is 0 Å². The Balaban J connectivity index is 1.52. The number of aryl methyl sites for hydroxylation is 1. The van der Waals surface area contributed by atoms with E-state index in [1.54, 1.807) is 18.2 Å². The van der Waals surface area contributed by atoms with E-state index >= 15 is 0 Å². The first-order valence-electron chi connectivity index (χ1n) is 11.3. The molecule has 1 aliphatic rings. The summed E-state index contributed by atoms with van der Waals surface area (Å²) in [5.74, 6) is 1.05. The number of anilines is 2. The lowest BCUT2D eigenvalue weighted by Crippen LogP contribution is -2.34. The molecular formula is C27H28N2O4. The van der Waals surface area contributed by atoms with Gasteiger partial charge in [0.1, 0.15) is 0 Å². The van der Waals surface area contributed by atoms with Gasteiger partial charge in [0.15, 0.2) is 11.5 Å². The van der Waals surface area contributed by atoms with Crippen LogP contribution >= 0.6 is 0 Å². The Labute approximate surface area is 194 Å². The highest BCUT2D eigenvalue weighted by Crippen LogP contribution is 2.32. The van der Waals surface area contributed by atoms with Gasteiger partial charge in [0.05, 0.1) is 19.8 Å². The molecule has 0 aromatic heterocycles. The van der Waals surface area contributed by atoms with Crippen molar-refractivity contribution in [3.63, 3.8) is 0 Å². The number of carbonyl (C=O) groups excluding carboxylic acids is 2. The summed E-state index contributed by atoms with van der Waals surface area (Å²) in [5, 5.41) is 2.97. The largest absolute Gasteiger partial charge is 0.490 e. The summed E-state index contributed by atoms with van der Waals surface area (Å²) in [7, 11) is 0. The van der Waals surface area contributed by atoms with E-state index in [9.17, 15) is 9.59 Å². The highest BCUT2D eigenvalue weighted by Gasteiger charge is 2.24. The first-order chi connectivity index (χ1) is 16.1. The van der Waals surface area contributed by atoms with Crippen LogP contribution in [0, 0.1) is 0 Å².